The minimum atomic E-state index is -1.10. The van der Waals surface area contributed by atoms with Gasteiger partial charge in [-0.25, -0.2) is 14.8 Å². The van der Waals surface area contributed by atoms with Crippen LogP contribution in [0.1, 0.15) is 67.6 Å². The summed E-state index contributed by atoms with van der Waals surface area (Å²) in [4.78, 5) is 55.2. The lowest BCUT2D eigenvalue weighted by Gasteiger charge is -2.29. The Balaban J connectivity index is 1.05. The van der Waals surface area contributed by atoms with E-state index < -0.39 is 47.7 Å². The number of carbonyl (C=O) groups excluding carboxylic acids is 3. The molecule has 11 rings (SSSR count). The number of hydrogen-bond donors (Lipinski definition) is 5. The number of oxazole rings is 2. The number of nitrogens with one attached hydrogen (secondary N) is 5. The van der Waals surface area contributed by atoms with E-state index in [1.165, 1.54) is 0 Å². The van der Waals surface area contributed by atoms with Crippen molar-refractivity contribution in [1.82, 2.24) is 30.9 Å². The fourth-order valence-corrected chi connectivity index (χ4v) is 9.55. The summed E-state index contributed by atoms with van der Waals surface area (Å²) in [6.07, 6.45) is 2.35. The van der Waals surface area contributed by atoms with Crippen molar-refractivity contribution in [3.8, 4) is 39.8 Å². The van der Waals surface area contributed by atoms with Crippen LogP contribution in [0.3, 0.4) is 0 Å². The molecule has 3 amide bonds. The minimum Gasteiger partial charge on any atom is -0.469 e. The molecule has 5 atom stereocenters. The number of benzene rings is 4. The fraction of sp³-hybridized carbons (Fsp3) is 0.271. The number of para-hydroxylation sites is 1. The molecular formula is C48H43N7O7. The first-order chi connectivity index (χ1) is 30.1. The molecule has 0 saturated heterocycles. The maximum atomic E-state index is 14.6. The third kappa shape index (κ3) is 5.72. The van der Waals surface area contributed by atoms with E-state index in [0.29, 0.717) is 23.0 Å². The predicted octanol–water partition coefficient (Wildman–Crippen LogP) is 7.74. The SMILES string of the molecule is CC(C)[C@H](NC(=O)OCc1ccccc1)C(=O)N[C@H]1Cc2ccc3c(c2)C24c5cccc(c5NC2O3)-c2cccc3[nH]cc(c23)-c2cnc(o2)-c2nc(oc24)[C@H](C(C)C)NC1=O. The summed E-state index contributed by atoms with van der Waals surface area (Å²) in [5.41, 5.74) is 7.22. The number of aromatic nitrogens is 3. The number of amides is 3. The molecule has 14 nitrogen and oxygen atoms in total. The van der Waals surface area contributed by atoms with E-state index in [4.69, 9.17) is 28.3 Å². The molecule has 1 spiro atoms. The molecular weight excluding hydrogens is 787 g/mol. The van der Waals surface area contributed by atoms with E-state index in [1.54, 1.807) is 6.20 Å². The molecule has 0 saturated carbocycles. The van der Waals surface area contributed by atoms with Crippen LogP contribution in [0.4, 0.5) is 10.5 Å². The van der Waals surface area contributed by atoms with Crippen molar-refractivity contribution in [2.75, 3.05) is 5.32 Å². The second kappa shape index (κ2) is 14.1. The molecule has 7 aromatic rings. The van der Waals surface area contributed by atoms with Gasteiger partial charge in [0, 0.05) is 51.5 Å². The monoisotopic (exact) mass is 829 g/mol. The predicted molar refractivity (Wildman–Crippen MR) is 229 cm³/mol. The molecule has 4 aromatic carbocycles. The maximum Gasteiger partial charge on any atom is 0.408 e. The largest absolute Gasteiger partial charge is 0.469 e. The molecule has 10 bridgehead atoms. The number of ether oxygens (including phenoxy) is 2. The van der Waals surface area contributed by atoms with Gasteiger partial charge in [-0.3, -0.25) is 9.59 Å². The highest BCUT2D eigenvalue weighted by Gasteiger charge is 2.61. The first kappa shape index (κ1) is 37.6. The Labute approximate surface area is 355 Å². The third-order valence-electron chi connectivity index (χ3n) is 12.6. The lowest BCUT2D eigenvalue weighted by atomic mass is 9.72. The van der Waals surface area contributed by atoms with Crippen molar-refractivity contribution in [2.24, 2.45) is 11.8 Å². The molecule has 0 fully saturated rings. The van der Waals surface area contributed by atoms with Gasteiger partial charge in [-0.1, -0.05) is 100 Å². The van der Waals surface area contributed by atoms with Gasteiger partial charge in [0.2, 0.25) is 23.6 Å². The quantitative estimate of drug-likeness (QED) is 0.106. The zero-order valence-corrected chi connectivity index (χ0v) is 34.4. The number of rotatable bonds is 7. The van der Waals surface area contributed by atoms with Crippen molar-refractivity contribution in [3.63, 3.8) is 0 Å². The average Bonchev–Trinajstić information content (AvgIpc) is 4.10. The lowest BCUT2D eigenvalue weighted by Crippen LogP contribution is -2.56. The second-order valence-electron chi connectivity index (χ2n) is 17.1. The molecule has 4 aliphatic heterocycles. The molecule has 14 heteroatoms. The van der Waals surface area contributed by atoms with Gasteiger partial charge in [0.05, 0.1) is 6.20 Å². The second-order valence-corrected chi connectivity index (χ2v) is 17.1. The first-order valence-electron chi connectivity index (χ1n) is 20.9. The third-order valence-corrected chi connectivity index (χ3v) is 12.6. The van der Waals surface area contributed by atoms with Crippen LogP contribution in [0.25, 0.3) is 44.9 Å². The Hall–Kier alpha value is -7.35. The Morgan fingerprint density at radius 2 is 1.74 bits per heavy atom. The highest BCUT2D eigenvalue weighted by Crippen LogP contribution is 2.61. The molecule has 3 aromatic heterocycles. The number of nitrogens with zero attached hydrogens (tertiary/aromatic N) is 2. The summed E-state index contributed by atoms with van der Waals surface area (Å²) in [5.74, 6) is 0.618. The number of anilines is 1. The molecule has 312 valence electrons. The Morgan fingerprint density at radius 1 is 0.919 bits per heavy atom. The van der Waals surface area contributed by atoms with Gasteiger partial charge < -0.3 is 44.6 Å². The van der Waals surface area contributed by atoms with Crippen LogP contribution < -0.4 is 26.0 Å². The van der Waals surface area contributed by atoms with Gasteiger partial charge >= 0.3 is 6.09 Å². The average molecular weight is 830 g/mol. The summed E-state index contributed by atoms with van der Waals surface area (Å²) in [6.45, 7) is 7.61. The number of alkyl carbamates (subject to hydrolysis) is 1. The van der Waals surface area contributed by atoms with E-state index in [2.05, 4.69) is 50.5 Å². The summed E-state index contributed by atoms with van der Waals surface area (Å²) in [5, 5.41) is 13.7. The molecule has 62 heavy (non-hydrogen) atoms. The minimum absolute atomic E-state index is 0.0393. The van der Waals surface area contributed by atoms with E-state index in [0.717, 1.165) is 55.5 Å². The Morgan fingerprint density at radius 3 is 2.56 bits per heavy atom. The Kier molecular flexibility index (Phi) is 8.57. The van der Waals surface area contributed by atoms with Gasteiger partial charge in [-0.2, -0.15) is 0 Å². The van der Waals surface area contributed by atoms with Gasteiger partial charge in [0.15, 0.2) is 23.4 Å². The van der Waals surface area contributed by atoms with Gasteiger partial charge in [0.25, 0.3) is 0 Å². The van der Waals surface area contributed by atoms with Crippen LogP contribution in [-0.2, 0) is 32.8 Å². The molecule has 7 heterocycles. The van der Waals surface area contributed by atoms with E-state index >= 15 is 0 Å². The van der Waals surface area contributed by atoms with Crippen LogP contribution in [0, 0.1) is 11.8 Å². The van der Waals surface area contributed by atoms with Crippen molar-refractivity contribution >= 4 is 34.5 Å². The van der Waals surface area contributed by atoms with Crippen molar-refractivity contribution in [2.45, 2.75) is 70.5 Å². The number of aromatic amines is 1. The molecule has 0 aliphatic carbocycles. The summed E-state index contributed by atoms with van der Waals surface area (Å²) >= 11 is 0. The van der Waals surface area contributed by atoms with Crippen LogP contribution in [-0.4, -0.2) is 51.2 Å². The number of fused-ring (bicyclic) bond motifs is 7. The molecule has 2 unspecified atom stereocenters. The zero-order chi connectivity index (χ0) is 42.4. The van der Waals surface area contributed by atoms with E-state index in [1.807, 2.05) is 94.6 Å². The maximum absolute atomic E-state index is 14.6. The van der Waals surface area contributed by atoms with Crippen molar-refractivity contribution in [1.29, 1.82) is 0 Å². The van der Waals surface area contributed by atoms with Gasteiger partial charge in [0.1, 0.15) is 35.9 Å². The van der Waals surface area contributed by atoms with Crippen LogP contribution in [0.5, 0.6) is 5.75 Å². The molecule has 0 radical (unpaired) electrons. The smallest absolute Gasteiger partial charge is 0.408 e. The van der Waals surface area contributed by atoms with Crippen LogP contribution >= 0.6 is 0 Å². The standard InChI is InChI=1S/C48H43N7O7/c1-23(2)37(55-47(58)59-22-25-10-6-5-7-11-25)43(57)51-33-19-26-16-17-34-31(18-26)48-30-14-8-13-28(39(30)54-46(48)61-34)27-12-9-15-32-36(27)29(20-49-32)35-21-50-44(60-35)40-41(48)62-45(53-40)38(24(3)4)52-42(33)56/h5-18,20-21,23-24,33,37-38,46,49,54H,19,22H2,1-4H3,(H,51,57)(H,52,56)(H,55,58)/t33-,37-,38-,46?,48?/m0/s1. The normalized spacial score (nSPS) is 20.6. The first-order valence-corrected chi connectivity index (χ1v) is 20.9. The van der Waals surface area contributed by atoms with Crippen molar-refractivity contribution < 1.29 is 32.7 Å². The fourth-order valence-electron chi connectivity index (χ4n) is 9.55. The number of carbonyl (C=O) groups is 3. The van der Waals surface area contributed by atoms with E-state index in [-0.39, 0.29) is 36.6 Å². The highest BCUT2D eigenvalue weighted by molar-refractivity contribution is 6.07. The van der Waals surface area contributed by atoms with Gasteiger partial charge in [-0.05, 0) is 40.7 Å². The van der Waals surface area contributed by atoms with Crippen molar-refractivity contribution in [3.05, 3.63) is 131 Å². The zero-order valence-electron chi connectivity index (χ0n) is 34.4. The number of hydrogen-bond acceptors (Lipinski definition) is 10. The highest BCUT2D eigenvalue weighted by atomic mass is 16.5. The summed E-state index contributed by atoms with van der Waals surface area (Å²) in [6, 6.07) is 24.7. The molecule has 5 N–H and O–H groups in total. The summed E-state index contributed by atoms with van der Waals surface area (Å²) < 4.78 is 26.0. The van der Waals surface area contributed by atoms with Crippen LogP contribution in [0.15, 0.2) is 106 Å². The topological polar surface area (TPSA) is 186 Å². The Bertz CT molecular complexity index is 2950. The summed E-state index contributed by atoms with van der Waals surface area (Å²) in [7, 11) is 0. The van der Waals surface area contributed by atoms with E-state index in [9.17, 15) is 14.4 Å². The lowest BCUT2D eigenvalue weighted by molar-refractivity contribution is -0.131. The van der Waals surface area contributed by atoms with Gasteiger partial charge in [-0.15, -0.1) is 0 Å². The van der Waals surface area contributed by atoms with Crippen LogP contribution in [0.2, 0.25) is 0 Å². The molecule has 4 aliphatic rings. The number of H-pyrrole nitrogens is 1.